The van der Waals surface area contributed by atoms with Crippen LogP contribution in [0.15, 0.2) is 42.2 Å². The summed E-state index contributed by atoms with van der Waals surface area (Å²) in [7, 11) is 0. The largest absolute Gasteiger partial charge is 0.392 e. The van der Waals surface area contributed by atoms with Crippen molar-refractivity contribution in [3.63, 3.8) is 0 Å². The van der Waals surface area contributed by atoms with E-state index >= 15 is 0 Å². The molecule has 1 aromatic rings. The first-order valence-corrected chi connectivity index (χ1v) is 10.2. The van der Waals surface area contributed by atoms with Crippen molar-refractivity contribution in [2.75, 3.05) is 26.4 Å². The van der Waals surface area contributed by atoms with Gasteiger partial charge < -0.3 is 19.7 Å². The van der Waals surface area contributed by atoms with Gasteiger partial charge in [0.25, 0.3) is 0 Å². The Morgan fingerprint density at radius 1 is 0.625 bits per heavy atom. The number of ether oxygens (including phenoxy) is 2. The minimum absolute atomic E-state index is 0.00996. The van der Waals surface area contributed by atoms with Crippen LogP contribution in [0.25, 0.3) is 0 Å². The van der Waals surface area contributed by atoms with Crippen molar-refractivity contribution in [2.45, 2.75) is 13.2 Å². The van der Waals surface area contributed by atoms with Crippen LogP contribution >= 0.6 is 63.7 Å². The van der Waals surface area contributed by atoms with Crippen molar-refractivity contribution < 1.29 is 19.7 Å². The van der Waals surface area contributed by atoms with Crippen molar-refractivity contribution in [3.05, 3.63) is 53.3 Å². The molecule has 0 fully saturated rings. The van der Waals surface area contributed by atoms with Crippen LogP contribution in [0.5, 0.6) is 0 Å². The summed E-state index contributed by atoms with van der Waals surface area (Å²) in [5.41, 5.74) is 1.94. The summed E-state index contributed by atoms with van der Waals surface area (Å²) in [5.74, 6) is 0. The third-order valence-corrected chi connectivity index (χ3v) is 7.47. The monoisotopic (exact) mass is 590 g/mol. The highest BCUT2D eigenvalue weighted by atomic mass is 79.9. The van der Waals surface area contributed by atoms with Crippen LogP contribution in [-0.2, 0) is 22.7 Å². The highest BCUT2D eigenvalue weighted by Crippen LogP contribution is 2.42. The molecular weight excluding hydrogens is 576 g/mol. The standard InChI is InChI=1S/C16H18Br4O4/c17-13-11(9-23-7-3-1-5-21)14(18)16(20)12(15(13)19)10-24-8-4-2-6-22/h1-4,21-22H,5-10H2. The van der Waals surface area contributed by atoms with Crippen molar-refractivity contribution in [2.24, 2.45) is 0 Å². The Bertz CT molecular complexity index is 508. The number of rotatable bonds is 10. The van der Waals surface area contributed by atoms with Crippen molar-refractivity contribution >= 4 is 63.7 Å². The number of halogens is 4. The summed E-state index contributed by atoms with van der Waals surface area (Å²) < 4.78 is 14.8. The van der Waals surface area contributed by atoms with Gasteiger partial charge >= 0.3 is 0 Å². The fourth-order valence-corrected chi connectivity index (χ4v) is 4.46. The van der Waals surface area contributed by atoms with Gasteiger partial charge in [-0.2, -0.15) is 0 Å². The molecule has 1 aromatic carbocycles. The van der Waals surface area contributed by atoms with Crippen LogP contribution < -0.4 is 0 Å². The number of aliphatic hydroxyl groups is 2. The summed E-state index contributed by atoms with van der Waals surface area (Å²) in [5, 5.41) is 17.4. The first-order chi connectivity index (χ1) is 11.5. The molecule has 0 aromatic heterocycles. The first kappa shape index (κ1) is 22.5. The molecule has 0 spiro atoms. The number of hydrogen-bond acceptors (Lipinski definition) is 4. The molecule has 2 N–H and O–H groups in total. The van der Waals surface area contributed by atoms with Crippen LogP contribution in [0.1, 0.15) is 11.1 Å². The maximum atomic E-state index is 8.69. The van der Waals surface area contributed by atoms with E-state index in [1.54, 1.807) is 24.3 Å². The van der Waals surface area contributed by atoms with E-state index in [0.717, 1.165) is 29.0 Å². The van der Waals surface area contributed by atoms with Crippen LogP contribution in [0.3, 0.4) is 0 Å². The molecule has 0 atom stereocenters. The lowest BCUT2D eigenvalue weighted by Gasteiger charge is -2.16. The third kappa shape index (κ3) is 6.99. The van der Waals surface area contributed by atoms with Crippen LogP contribution in [0, 0.1) is 0 Å². The van der Waals surface area contributed by atoms with Gasteiger partial charge in [-0.1, -0.05) is 24.3 Å². The second-order valence-corrected chi connectivity index (χ2v) is 7.72. The van der Waals surface area contributed by atoms with E-state index < -0.39 is 0 Å². The van der Waals surface area contributed by atoms with Gasteiger partial charge in [0.15, 0.2) is 0 Å². The van der Waals surface area contributed by atoms with Crippen molar-refractivity contribution in [1.82, 2.24) is 0 Å². The van der Waals surface area contributed by atoms with Crippen LogP contribution in [0.4, 0.5) is 0 Å². The van der Waals surface area contributed by atoms with Gasteiger partial charge in [0.2, 0.25) is 0 Å². The van der Waals surface area contributed by atoms with Crippen molar-refractivity contribution in [3.8, 4) is 0 Å². The Labute approximate surface area is 175 Å². The maximum Gasteiger partial charge on any atom is 0.0744 e. The summed E-state index contributed by atoms with van der Waals surface area (Å²) in [6.45, 7) is 1.70. The fraction of sp³-hybridized carbons (Fsp3) is 0.375. The van der Waals surface area contributed by atoms with E-state index in [1.165, 1.54) is 0 Å². The molecule has 0 aliphatic heterocycles. The van der Waals surface area contributed by atoms with E-state index in [2.05, 4.69) is 63.7 Å². The lowest BCUT2D eigenvalue weighted by Crippen LogP contribution is -2.02. The van der Waals surface area contributed by atoms with Crippen molar-refractivity contribution in [1.29, 1.82) is 0 Å². The molecular formula is C16H18Br4O4. The van der Waals surface area contributed by atoms with E-state index in [9.17, 15) is 0 Å². The zero-order valence-electron chi connectivity index (χ0n) is 12.8. The fourth-order valence-electron chi connectivity index (χ4n) is 1.72. The van der Waals surface area contributed by atoms with Gasteiger partial charge in [0, 0.05) is 29.0 Å². The quantitative estimate of drug-likeness (QED) is 0.231. The highest BCUT2D eigenvalue weighted by Gasteiger charge is 2.19. The highest BCUT2D eigenvalue weighted by molar-refractivity contribution is 9.14. The Hall–Kier alpha value is 0.460. The minimum atomic E-state index is 0.00996. The molecule has 0 aliphatic rings. The summed E-state index contributed by atoms with van der Waals surface area (Å²) >= 11 is 14.4. The minimum Gasteiger partial charge on any atom is -0.392 e. The molecule has 8 heteroatoms. The number of hydrogen-bond donors (Lipinski definition) is 2. The molecule has 0 amide bonds. The lowest BCUT2D eigenvalue weighted by molar-refractivity contribution is 0.144. The van der Waals surface area contributed by atoms with E-state index in [4.69, 9.17) is 19.7 Å². The SMILES string of the molecule is OCC=CCOCc1c(Br)c(Br)c(COCC=CCO)c(Br)c1Br. The predicted molar refractivity (Wildman–Crippen MR) is 109 cm³/mol. The third-order valence-electron chi connectivity index (χ3n) is 2.91. The Kier molecular flexibility index (Phi) is 12.0. The molecule has 1 rings (SSSR count). The number of benzene rings is 1. The van der Waals surface area contributed by atoms with Crippen LogP contribution in [-0.4, -0.2) is 36.6 Å². The van der Waals surface area contributed by atoms with Gasteiger partial charge in [-0.15, -0.1) is 0 Å². The molecule has 134 valence electrons. The summed E-state index contributed by atoms with van der Waals surface area (Å²) in [6, 6.07) is 0. The average Bonchev–Trinajstić information content (AvgIpc) is 2.58. The Balaban J connectivity index is 2.82. The first-order valence-electron chi connectivity index (χ1n) is 7.05. The van der Waals surface area contributed by atoms with E-state index in [0.29, 0.717) is 26.4 Å². The molecule has 0 heterocycles. The summed E-state index contributed by atoms with van der Waals surface area (Å²) in [6.07, 6.45) is 6.82. The number of aliphatic hydroxyl groups excluding tert-OH is 2. The average molecular weight is 594 g/mol. The Morgan fingerprint density at radius 3 is 1.25 bits per heavy atom. The van der Waals surface area contributed by atoms with E-state index in [1.807, 2.05) is 0 Å². The molecule has 0 saturated heterocycles. The molecule has 0 unspecified atom stereocenters. The Morgan fingerprint density at radius 2 is 0.958 bits per heavy atom. The van der Waals surface area contributed by atoms with Gasteiger partial charge in [0.1, 0.15) is 0 Å². The van der Waals surface area contributed by atoms with Gasteiger partial charge in [-0.25, -0.2) is 0 Å². The normalized spacial score (nSPS) is 11.9. The van der Waals surface area contributed by atoms with Crippen LogP contribution in [0.2, 0.25) is 0 Å². The van der Waals surface area contributed by atoms with Gasteiger partial charge in [0.05, 0.1) is 39.6 Å². The summed E-state index contributed by atoms with van der Waals surface area (Å²) in [4.78, 5) is 0. The topological polar surface area (TPSA) is 58.9 Å². The maximum absolute atomic E-state index is 8.69. The van der Waals surface area contributed by atoms with Gasteiger partial charge in [-0.3, -0.25) is 0 Å². The molecule has 24 heavy (non-hydrogen) atoms. The zero-order valence-corrected chi connectivity index (χ0v) is 19.1. The second kappa shape index (κ2) is 12.8. The van der Waals surface area contributed by atoms with Gasteiger partial charge in [-0.05, 0) is 63.7 Å². The van der Waals surface area contributed by atoms with E-state index in [-0.39, 0.29) is 13.2 Å². The molecule has 0 saturated carbocycles. The molecule has 0 radical (unpaired) electrons. The molecule has 0 aliphatic carbocycles. The second-order valence-electron chi connectivity index (χ2n) is 4.55. The zero-order chi connectivity index (χ0) is 17.9. The smallest absolute Gasteiger partial charge is 0.0744 e. The molecule has 4 nitrogen and oxygen atoms in total. The molecule has 0 bridgehead atoms. The predicted octanol–water partition coefficient (Wildman–Crippen LogP) is 4.87. The lowest BCUT2D eigenvalue weighted by atomic mass is 10.1.